The molecule has 0 atom stereocenters. The molecule has 0 amide bonds. The van der Waals surface area contributed by atoms with Crippen molar-refractivity contribution in [3.8, 4) is 11.5 Å². The molecule has 1 heterocycles. The lowest BCUT2D eigenvalue weighted by Gasteiger charge is -2.03. The topological polar surface area (TPSA) is 28.7 Å². The van der Waals surface area contributed by atoms with E-state index in [1.165, 1.54) is 0 Å². The van der Waals surface area contributed by atoms with Crippen LogP contribution in [0.3, 0.4) is 0 Å². The van der Waals surface area contributed by atoms with Gasteiger partial charge in [0.2, 0.25) is 0 Å². The highest BCUT2D eigenvalue weighted by Gasteiger charge is 2.07. The number of H-pyrrole nitrogens is 1. The van der Waals surface area contributed by atoms with Crippen molar-refractivity contribution in [2.75, 3.05) is 0 Å². The van der Waals surface area contributed by atoms with Gasteiger partial charge in [0.25, 0.3) is 0 Å². The van der Waals surface area contributed by atoms with E-state index in [-0.39, 0.29) is 0 Å². The van der Waals surface area contributed by atoms with Gasteiger partial charge in [-0.3, -0.25) is 5.10 Å². The number of aromatic nitrogens is 2. The van der Waals surface area contributed by atoms with Crippen LogP contribution in [0.25, 0.3) is 10.9 Å². The first-order valence-corrected chi connectivity index (χ1v) is 8.51. The summed E-state index contributed by atoms with van der Waals surface area (Å²) in [5.41, 5.74) is 5.47. The summed E-state index contributed by atoms with van der Waals surface area (Å²) in [6.45, 7) is 6.73. The van der Waals surface area contributed by atoms with Crippen molar-refractivity contribution in [3.05, 3.63) is 30.0 Å². The van der Waals surface area contributed by atoms with Gasteiger partial charge >= 0.3 is 0 Å². The van der Waals surface area contributed by atoms with Gasteiger partial charge in [-0.2, -0.15) is 5.10 Å². The van der Waals surface area contributed by atoms with E-state index < -0.39 is 8.07 Å². The minimum Gasteiger partial charge on any atom is -0.278 e. The third-order valence-electron chi connectivity index (χ3n) is 2.02. The summed E-state index contributed by atoms with van der Waals surface area (Å²) in [5.74, 6) is 3.23. The van der Waals surface area contributed by atoms with Crippen LogP contribution >= 0.6 is 0 Å². The maximum absolute atomic E-state index is 3.99. The van der Waals surface area contributed by atoms with E-state index >= 15 is 0 Å². The summed E-state index contributed by atoms with van der Waals surface area (Å²) in [6.07, 6.45) is 1.82. The van der Waals surface area contributed by atoms with E-state index in [1.807, 2.05) is 18.3 Å². The normalized spacial score (nSPS) is 11.1. The molecular weight excluding hydrogens is 200 g/mol. The Morgan fingerprint density at radius 2 is 2.07 bits per heavy atom. The molecule has 15 heavy (non-hydrogen) atoms. The van der Waals surface area contributed by atoms with E-state index in [1.54, 1.807) is 0 Å². The molecule has 0 bridgehead atoms. The van der Waals surface area contributed by atoms with Crippen molar-refractivity contribution >= 4 is 19.0 Å². The number of nitrogens with one attached hydrogen (secondary N) is 1. The quantitative estimate of drug-likeness (QED) is 0.530. The Labute approximate surface area is 90.7 Å². The highest BCUT2D eigenvalue weighted by Crippen LogP contribution is 2.12. The van der Waals surface area contributed by atoms with Crippen molar-refractivity contribution in [2.24, 2.45) is 0 Å². The summed E-state index contributed by atoms with van der Waals surface area (Å²) in [6, 6.07) is 6.15. The fourth-order valence-electron chi connectivity index (χ4n) is 1.27. The molecule has 0 fully saturated rings. The number of aromatic amines is 1. The standard InChI is InChI=1S/C12H14N2Si/c1-15(2,3)7-6-10-4-5-11-9-13-14-12(11)8-10/h4-5,8-9H,1-3H3,(H,13,14). The monoisotopic (exact) mass is 214 g/mol. The molecule has 1 aromatic carbocycles. The molecule has 0 spiro atoms. The third-order valence-corrected chi connectivity index (χ3v) is 2.90. The first-order valence-electron chi connectivity index (χ1n) is 5.01. The number of nitrogens with zero attached hydrogens (tertiary/aromatic N) is 1. The SMILES string of the molecule is C[Si](C)(C)C#Cc1ccc2cn[nH]c2c1. The van der Waals surface area contributed by atoms with Crippen LogP contribution in [0, 0.1) is 11.5 Å². The molecule has 2 nitrogen and oxygen atoms in total. The number of rotatable bonds is 0. The van der Waals surface area contributed by atoms with Gasteiger partial charge in [-0.25, -0.2) is 0 Å². The molecule has 0 unspecified atom stereocenters. The molecule has 0 aliphatic carbocycles. The second-order valence-corrected chi connectivity index (χ2v) is 9.42. The fourth-order valence-corrected chi connectivity index (χ4v) is 1.79. The minimum atomic E-state index is -1.28. The lowest BCUT2D eigenvalue weighted by Crippen LogP contribution is -2.16. The van der Waals surface area contributed by atoms with Crippen LogP contribution in [-0.4, -0.2) is 18.3 Å². The van der Waals surface area contributed by atoms with E-state index in [0.717, 1.165) is 16.5 Å². The van der Waals surface area contributed by atoms with Crippen molar-refractivity contribution in [1.82, 2.24) is 10.2 Å². The highest BCUT2D eigenvalue weighted by molar-refractivity contribution is 6.83. The second kappa shape index (κ2) is 3.56. The maximum Gasteiger partial charge on any atom is 0.129 e. The van der Waals surface area contributed by atoms with Gasteiger partial charge in [0.15, 0.2) is 0 Å². The Balaban J connectivity index is 2.39. The molecule has 3 heteroatoms. The predicted octanol–water partition coefficient (Wildman–Crippen LogP) is 2.79. The van der Waals surface area contributed by atoms with E-state index in [2.05, 4.69) is 47.4 Å². The third kappa shape index (κ3) is 2.48. The van der Waals surface area contributed by atoms with Crippen LogP contribution in [0.15, 0.2) is 24.4 Å². The summed E-state index contributed by atoms with van der Waals surface area (Å²) in [4.78, 5) is 0. The van der Waals surface area contributed by atoms with Crippen LogP contribution in [0.2, 0.25) is 19.6 Å². The van der Waals surface area contributed by atoms with Crippen LogP contribution in [0.4, 0.5) is 0 Å². The number of fused-ring (bicyclic) bond motifs is 1. The molecule has 1 N–H and O–H groups in total. The molecule has 0 radical (unpaired) electrons. The molecule has 2 rings (SSSR count). The molecule has 0 saturated heterocycles. The van der Waals surface area contributed by atoms with Gasteiger partial charge in [-0.1, -0.05) is 25.6 Å². The van der Waals surface area contributed by atoms with Crippen LogP contribution in [0.1, 0.15) is 5.56 Å². The lowest BCUT2D eigenvalue weighted by molar-refractivity contribution is 1.12. The molecule has 0 aliphatic heterocycles. The zero-order chi connectivity index (χ0) is 10.9. The number of hydrogen-bond donors (Lipinski definition) is 1. The minimum absolute atomic E-state index is 1.05. The molecule has 1 aromatic heterocycles. The van der Waals surface area contributed by atoms with Crippen molar-refractivity contribution < 1.29 is 0 Å². The zero-order valence-electron chi connectivity index (χ0n) is 9.26. The number of hydrogen-bond acceptors (Lipinski definition) is 1. The second-order valence-electron chi connectivity index (χ2n) is 4.67. The van der Waals surface area contributed by atoms with Gasteiger partial charge in [0.05, 0.1) is 11.7 Å². The Morgan fingerprint density at radius 1 is 1.27 bits per heavy atom. The molecule has 2 aromatic rings. The average Bonchev–Trinajstić information content (AvgIpc) is 2.60. The van der Waals surface area contributed by atoms with E-state index in [0.29, 0.717) is 0 Å². The van der Waals surface area contributed by atoms with Crippen LogP contribution in [0.5, 0.6) is 0 Å². The van der Waals surface area contributed by atoms with Gasteiger partial charge in [-0.15, -0.1) is 5.54 Å². The Morgan fingerprint density at radius 3 is 2.80 bits per heavy atom. The Hall–Kier alpha value is -1.53. The maximum atomic E-state index is 3.99. The summed E-state index contributed by atoms with van der Waals surface area (Å²) in [7, 11) is -1.28. The fraction of sp³-hybridized carbons (Fsp3) is 0.250. The lowest BCUT2D eigenvalue weighted by atomic mass is 10.2. The van der Waals surface area contributed by atoms with Crippen molar-refractivity contribution in [1.29, 1.82) is 0 Å². The Bertz CT molecular complexity index is 538. The summed E-state index contributed by atoms with van der Waals surface area (Å²) in [5, 5.41) is 8.07. The smallest absolute Gasteiger partial charge is 0.129 e. The largest absolute Gasteiger partial charge is 0.278 e. The van der Waals surface area contributed by atoms with Crippen molar-refractivity contribution in [2.45, 2.75) is 19.6 Å². The summed E-state index contributed by atoms with van der Waals surface area (Å²) >= 11 is 0. The first-order chi connectivity index (χ1) is 7.04. The van der Waals surface area contributed by atoms with Crippen LogP contribution < -0.4 is 0 Å². The number of benzene rings is 1. The van der Waals surface area contributed by atoms with Crippen molar-refractivity contribution in [3.63, 3.8) is 0 Å². The first kappa shape index (κ1) is 10.0. The van der Waals surface area contributed by atoms with Crippen LogP contribution in [-0.2, 0) is 0 Å². The van der Waals surface area contributed by atoms with Gasteiger partial charge in [0.1, 0.15) is 8.07 Å². The molecule has 0 saturated carbocycles. The zero-order valence-corrected chi connectivity index (χ0v) is 10.3. The summed E-state index contributed by atoms with van der Waals surface area (Å²) < 4.78 is 0. The van der Waals surface area contributed by atoms with E-state index in [4.69, 9.17) is 0 Å². The predicted molar refractivity (Wildman–Crippen MR) is 66.3 cm³/mol. The average molecular weight is 214 g/mol. The molecule has 76 valence electrons. The van der Waals surface area contributed by atoms with Gasteiger partial charge in [0, 0.05) is 10.9 Å². The van der Waals surface area contributed by atoms with Gasteiger partial charge in [-0.05, 0) is 18.2 Å². The Kier molecular flexibility index (Phi) is 2.37. The molecule has 0 aliphatic rings. The van der Waals surface area contributed by atoms with E-state index in [9.17, 15) is 0 Å². The molecular formula is C12H14N2Si. The highest BCUT2D eigenvalue weighted by atomic mass is 28.3. The van der Waals surface area contributed by atoms with Gasteiger partial charge < -0.3 is 0 Å².